The number of nitriles is 1. The molecule has 0 aliphatic heterocycles. The Morgan fingerprint density at radius 1 is 1.53 bits per heavy atom. The van der Waals surface area contributed by atoms with Crippen LogP contribution in [0.3, 0.4) is 0 Å². The maximum atomic E-state index is 8.89. The van der Waals surface area contributed by atoms with E-state index in [4.69, 9.17) is 16.1 Å². The lowest BCUT2D eigenvalue weighted by Gasteiger charge is -2.11. The van der Waals surface area contributed by atoms with Gasteiger partial charge in [-0.2, -0.15) is 5.26 Å². The average molecular weight is 233 g/mol. The molecular weight excluding hydrogens is 214 g/mol. The van der Waals surface area contributed by atoms with Gasteiger partial charge in [0.05, 0.1) is 23.0 Å². The molecule has 0 heterocycles. The summed E-state index contributed by atoms with van der Waals surface area (Å²) in [6.45, 7) is 3.04. The van der Waals surface area contributed by atoms with Gasteiger partial charge >= 0.3 is 0 Å². The monoisotopic (exact) mass is 233 g/mol. The predicted molar refractivity (Wildman–Crippen MR) is 69.5 cm³/mol. The molecule has 1 atom stereocenters. The normalized spacial score (nSPS) is 11.8. The fraction of sp³-hybridized carbons (Fsp3) is 0.462. The second-order valence-electron chi connectivity index (χ2n) is 4.27. The van der Waals surface area contributed by atoms with Gasteiger partial charge in [0.15, 0.2) is 0 Å². The van der Waals surface area contributed by atoms with Crippen LogP contribution in [0.1, 0.15) is 25.3 Å². The lowest BCUT2D eigenvalue weighted by molar-refractivity contribution is 0.229. The highest BCUT2D eigenvalue weighted by atomic mass is 16.3. The summed E-state index contributed by atoms with van der Waals surface area (Å²) in [6.07, 6.45) is 1.94. The quantitative estimate of drug-likeness (QED) is 0.518. The molecule has 17 heavy (non-hydrogen) atoms. The van der Waals surface area contributed by atoms with Crippen molar-refractivity contribution in [2.45, 2.75) is 19.8 Å². The number of nitrogens with two attached hydrogens (primary N) is 1. The average Bonchev–Trinajstić information content (AvgIpc) is 2.36. The first-order valence-corrected chi connectivity index (χ1v) is 5.81. The highest BCUT2D eigenvalue weighted by Gasteiger charge is 2.02. The highest BCUT2D eigenvalue weighted by molar-refractivity contribution is 5.68. The van der Waals surface area contributed by atoms with Gasteiger partial charge in [-0.1, -0.05) is 6.92 Å². The third-order valence-corrected chi connectivity index (χ3v) is 2.68. The summed E-state index contributed by atoms with van der Waals surface area (Å²) >= 11 is 0. The largest absolute Gasteiger partial charge is 0.397 e. The number of benzene rings is 1. The molecule has 0 saturated carbocycles. The molecule has 0 spiro atoms. The van der Waals surface area contributed by atoms with Crippen LogP contribution in [-0.4, -0.2) is 18.3 Å². The van der Waals surface area contributed by atoms with Gasteiger partial charge < -0.3 is 16.2 Å². The fourth-order valence-electron chi connectivity index (χ4n) is 1.54. The Balaban J connectivity index is 2.44. The number of nitrogen functional groups attached to an aromatic ring is 1. The Morgan fingerprint density at radius 2 is 2.29 bits per heavy atom. The second kappa shape index (κ2) is 6.77. The Kier molecular flexibility index (Phi) is 5.31. The number of aliphatic hydroxyl groups is 1. The Labute approximate surface area is 102 Å². The van der Waals surface area contributed by atoms with Gasteiger partial charge in [0.1, 0.15) is 0 Å². The van der Waals surface area contributed by atoms with Crippen molar-refractivity contribution < 1.29 is 5.11 Å². The number of rotatable bonds is 6. The topological polar surface area (TPSA) is 82.1 Å². The summed E-state index contributed by atoms with van der Waals surface area (Å²) in [5, 5.41) is 20.9. The van der Waals surface area contributed by atoms with Crippen molar-refractivity contribution in [2.24, 2.45) is 5.92 Å². The number of nitrogens with zero attached hydrogens (tertiary/aromatic N) is 1. The minimum atomic E-state index is 0.228. The van der Waals surface area contributed by atoms with E-state index in [2.05, 4.69) is 11.4 Å². The van der Waals surface area contributed by atoms with Gasteiger partial charge in [-0.15, -0.1) is 0 Å². The molecule has 92 valence electrons. The van der Waals surface area contributed by atoms with Crippen LogP contribution in [0, 0.1) is 17.2 Å². The van der Waals surface area contributed by atoms with Crippen molar-refractivity contribution in [3.63, 3.8) is 0 Å². The molecule has 1 aromatic rings. The zero-order chi connectivity index (χ0) is 12.7. The zero-order valence-electron chi connectivity index (χ0n) is 10.1. The molecular formula is C13H19N3O. The molecule has 1 aromatic carbocycles. The van der Waals surface area contributed by atoms with E-state index >= 15 is 0 Å². The van der Waals surface area contributed by atoms with E-state index in [1.165, 1.54) is 0 Å². The molecule has 0 aliphatic carbocycles. The van der Waals surface area contributed by atoms with E-state index < -0.39 is 0 Å². The fourth-order valence-corrected chi connectivity index (χ4v) is 1.54. The van der Waals surface area contributed by atoms with Crippen LogP contribution in [0.2, 0.25) is 0 Å². The number of aliphatic hydroxyl groups excluding tert-OH is 1. The van der Waals surface area contributed by atoms with Crippen LogP contribution in [0.25, 0.3) is 0 Å². The summed E-state index contributed by atoms with van der Waals surface area (Å²) < 4.78 is 0. The molecule has 4 N–H and O–H groups in total. The number of hydrogen-bond donors (Lipinski definition) is 3. The molecule has 0 fully saturated rings. The first-order chi connectivity index (χ1) is 8.17. The van der Waals surface area contributed by atoms with Crippen molar-refractivity contribution in [1.82, 2.24) is 0 Å². The zero-order valence-corrected chi connectivity index (χ0v) is 10.1. The van der Waals surface area contributed by atoms with E-state index in [1.54, 1.807) is 18.2 Å². The summed E-state index contributed by atoms with van der Waals surface area (Å²) in [7, 11) is 0. The summed E-state index contributed by atoms with van der Waals surface area (Å²) in [5.41, 5.74) is 7.86. The van der Waals surface area contributed by atoms with E-state index in [1.807, 2.05) is 6.92 Å². The molecule has 0 aliphatic rings. The molecule has 1 unspecified atom stereocenters. The summed E-state index contributed by atoms with van der Waals surface area (Å²) in [4.78, 5) is 0. The maximum absolute atomic E-state index is 8.89. The minimum absolute atomic E-state index is 0.228. The van der Waals surface area contributed by atoms with Crippen LogP contribution >= 0.6 is 0 Å². The number of nitrogens with one attached hydrogen (secondary N) is 1. The Morgan fingerprint density at radius 3 is 2.94 bits per heavy atom. The first kappa shape index (κ1) is 13.3. The van der Waals surface area contributed by atoms with Crippen molar-refractivity contribution in [1.29, 1.82) is 5.26 Å². The standard InChI is InChI=1S/C13H19N3O/c1-10(9-17)3-2-6-16-13-7-11(8-14)4-5-12(13)15/h4-5,7,10,16-17H,2-3,6,9,15H2,1H3. The van der Waals surface area contributed by atoms with E-state index in [-0.39, 0.29) is 6.61 Å². The Hall–Kier alpha value is -1.73. The summed E-state index contributed by atoms with van der Waals surface area (Å²) in [6, 6.07) is 7.27. The molecule has 0 aromatic heterocycles. The molecule has 4 nitrogen and oxygen atoms in total. The third kappa shape index (κ3) is 4.33. The van der Waals surface area contributed by atoms with Crippen molar-refractivity contribution in [3.8, 4) is 6.07 Å². The van der Waals surface area contributed by atoms with Gasteiger partial charge in [-0.3, -0.25) is 0 Å². The van der Waals surface area contributed by atoms with Gasteiger partial charge in [-0.05, 0) is 37.0 Å². The number of hydrogen-bond acceptors (Lipinski definition) is 4. The van der Waals surface area contributed by atoms with E-state index in [9.17, 15) is 0 Å². The van der Waals surface area contributed by atoms with Crippen LogP contribution in [0.15, 0.2) is 18.2 Å². The lowest BCUT2D eigenvalue weighted by atomic mass is 10.1. The van der Waals surface area contributed by atoms with Crippen LogP contribution in [-0.2, 0) is 0 Å². The smallest absolute Gasteiger partial charge is 0.0992 e. The summed E-state index contributed by atoms with van der Waals surface area (Å²) in [5.74, 6) is 0.333. The third-order valence-electron chi connectivity index (χ3n) is 2.68. The van der Waals surface area contributed by atoms with Crippen molar-refractivity contribution >= 4 is 11.4 Å². The van der Waals surface area contributed by atoms with Crippen molar-refractivity contribution in [3.05, 3.63) is 23.8 Å². The molecule has 0 bridgehead atoms. The SMILES string of the molecule is CC(CO)CCCNc1cc(C#N)ccc1N. The minimum Gasteiger partial charge on any atom is -0.397 e. The van der Waals surface area contributed by atoms with Gasteiger partial charge in [0.2, 0.25) is 0 Å². The lowest BCUT2D eigenvalue weighted by Crippen LogP contribution is -2.07. The van der Waals surface area contributed by atoms with Crippen LogP contribution in [0.4, 0.5) is 11.4 Å². The predicted octanol–water partition coefficient (Wildman–Crippen LogP) is 1.96. The molecule has 0 radical (unpaired) electrons. The van der Waals surface area contributed by atoms with Crippen molar-refractivity contribution in [2.75, 3.05) is 24.2 Å². The molecule has 1 rings (SSSR count). The number of anilines is 2. The molecule has 0 amide bonds. The van der Waals surface area contributed by atoms with E-state index in [0.29, 0.717) is 17.2 Å². The molecule has 4 heteroatoms. The van der Waals surface area contributed by atoms with E-state index in [0.717, 1.165) is 25.1 Å². The second-order valence-corrected chi connectivity index (χ2v) is 4.27. The highest BCUT2D eigenvalue weighted by Crippen LogP contribution is 2.19. The Bertz CT molecular complexity index is 398. The van der Waals surface area contributed by atoms with Crippen LogP contribution in [0.5, 0.6) is 0 Å². The maximum Gasteiger partial charge on any atom is 0.0992 e. The molecule has 0 saturated heterocycles. The van der Waals surface area contributed by atoms with Gasteiger partial charge in [0.25, 0.3) is 0 Å². The van der Waals surface area contributed by atoms with Gasteiger partial charge in [0, 0.05) is 13.2 Å². The first-order valence-electron chi connectivity index (χ1n) is 5.81. The van der Waals surface area contributed by atoms with Gasteiger partial charge in [-0.25, -0.2) is 0 Å². The van der Waals surface area contributed by atoms with Crippen LogP contribution < -0.4 is 11.1 Å².